The van der Waals surface area contributed by atoms with Crippen molar-refractivity contribution in [3.63, 3.8) is 0 Å². The van der Waals surface area contributed by atoms with Crippen molar-refractivity contribution in [3.05, 3.63) is 77.6 Å². The fourth-order valence-electron chi connectivity index (χ4n) is 3.72. The van der Waals surface area contributed by atoms with Crippen molar-refractivity contribution in [2.24, 2.45) is 0 Å². The fourth-order valence-corrected chi connectivity index (χ4v) is 3.72. The Morgan fingerprint density at radius 3 is 2.58 bits per heavy atom. The molecule has 0 bridgehead atoms. The molecule has 9 heteroatoms. The maximum atomic E-state index is 13.0. The number of anilines is 1. The van der Waals surface area contributed by atoms with Gasteiger partial charge in [0.1, 0.15) is 5.69 Å². The third kappa shape index (κ3) is 4.45. The second-order valence-corrected chi connectivity index (χ2v) is 7.63. The Hall–Kier alpha value is -3.72. The van der Waals surface area contributed by atoms with Crippen LogP contribution >= 0.6 is 0 Å². The second-order valence-electron chi connectivity index (χ2n) is 7.63. The summed E-state index contributed by atoms with van der Waals surface area (Å²) < 4.78 is 40.3. The molecule has 0 aliphatic heterocycles. The Labute approximate surface area is 187 Å². The predicted molar refractivity (Wildman–Crippen MR) is 119 cm³/mol. The number of halogens is 3. The van der Waals surface area contributed by atoms with E-state index >= 15 is 0 Å². The molecule has 6 nitrogen and oxygen atoms in total. The number of amides is 1. The van der Waals surface area contributed by atoms with E-state index in [-0.39, 0.29) is 19.1 Å². The lowest BCUT2D eigenvalue weighted by Gasteiger charge is -2.20. The van der Waals surface area contributed by atoms with Crippen LogP contribution in [-0.2, 0) is 12.7 Å². The summed E-state index contributed by atoms with van der Waals surface area (Å²) in [5, 5.41) is 13.6. The van der Waals surface area contributed by atoms with Crippen LogP contribution in [0.3, 0.4) is 0 Å². The van der Waals surface area contributed by atoms with Crippen LogP contribution in [-0.4, -0.2) is 39.4 Å². The van der Waals surface area contributed by atoms with Gasteiger partial charge in [0.25, 0.3) is 5.91 Å². The first kappa shape index (κ1) is 22.5. The molecular formula is C24H21F3N4O2. The van der Waals surface area contributed by atoms with Crippen LogP contribution in [0.5, 0.6) is 0 Å². The highest BCUT2D eigenvalue weighted by molar-refractivity contribution is 6.05. The van der Waals surface area contributed by atoms with Crippen LogP contribution < -0.4 is 4.90 Å². The van der Waals surface area contributed by atoms with E-state index in [0.717, 1.165) is 23.3 Å². The number of aromatic nitrogens is 3. The van der Waals surface area contributed by atoms with Gasteiger partial charge in [-0.1, -0.05) is 12.1 Å². The number of aliphatic hydroxyl groups excluding tert-OH is 1. The summed E-state index contributed by atoms with van der Waals surface area (Å²) in [5.41, 5.74) is 3.03. The number of fused-ring (bicyclic) bond motifs is 1. The molecule has 0 fully saturated rings. The van der Waals surface area contributed by atoms with Gasteiger partial charge in [-0.2, -0.15) is 18.3 Å². The number of hydrogen-bond donors (Lipinski definition) is 1. The van der Waals surface area contributed by atoms with Crippen molar-refractivity contribution in [3.8, 4) is 11.3 Å². The normalized spacial score (nSPS) is 11.7. The van der Waals surface area contributed by atoms with Crippen LogP contribution in [0.2, 0.25) is 0 Å². The minimum absolute atomic E-state index is 0.129. The Bertz CT molecular complexity index is 1330. The average molecular weight is 454 g/mol. The molecule has 1 N–H and O–H groups in total. The third-order valence-corrected chi connectivity index (χ3v) is 5.42. The van der Waals surface area contributed by atoms with Gasteiger partial charge in [0, 0.05) is 29.9 Å². The molecule has 2 aromatic carbocycles. The van der Waals surface area contributed by atoms with Crippen molar-refractivity contribution >= 4 is 22.5 Å². The van der Waals surface area contributed by atoms with Crippen LogP contribution in [0.4, 0.5) is 18.9 Å². The average Bonchev–Trinajstić information content (AvgIpc) is 3.25. The van der Waals surface area contributed by atoms with E-state index in [9.17, 15) is 18.0 Å². The van der Waals surface area contributed by atoms with E-state index in [4.69, 9.17) is 5.11 Å². The lowest BCUT2D eigenvalue weighted by Crippen LogP contribution is -2.29. The largest absolute Gasteiger partial charge is 0.416 e. The molecule has 1 amide bonds. The molecular weight excluding hydrogens is 433 g/mol. The zero-order valence-electron chi connectivity index (χ0n) is 18.0. The number of aliphatic hydroxyl groups is 1. The first-order valence-electron chi connectivity index (χ1n) is 10.2. The summed E-state index contributed by atoms with van der Waals surface area (Å²) >= 11 is 0. The van der Waals surface area contributed by atoms with Crippen molar-refractivity contribution in [1.82, 2.24) is 14.8 Å². The monoisotopic (exact) mass is 454 g/mol. The van der Waals surface area contributed by atoms with E-state index < -0.39 is 11.7 Å². The lowest BCUT2D eigenvalue weighted by atomic mass is 10.0. The van der Waals surface area contributed by atoms with Crippen molar-refractivity contribution in [1.29, 1.82) is 0 Å². The molecule has 0 atom stereocenters. The summed E-state index contributed by atoms with van der Waals surface area (Å²) in [6.07, 6.45) is -2.89. The van der Waals surface area contributed by atoms with E-state index in [2.05, 4.69) is 10.1 Å². The van der Waals surface area contributed by atoms with Crippen LogP contribution in [0, 0.1) is 6.92 Å². The van der Waals surface area contributed by atoms with Gasteiger partial charge >= 0.3 is 6.18 Å². The Balaban J connectivity index is 1.62. The van der Waals surface area contributed by atoms with Crippen LogP contribution in [0.1, 0.15) is 21.6 Å². The second kappa shape index (κ2) is 8.67. The van der Waals surface area contributed by atoms with Gasteiger partial charge in [0.15, 0.2) is 0 Å². The van der Waals surface area contributed by atoms with Crippen LogP contribution in [0.15, 0.2) is 60.8 Å². The summed E-state index contributed by atoms with van der Waals surface area (Å²) in [6, 6.07) is 13.9. The lowest BCUT2D eigenvalue weighted by molar-refractivity contribution is -0.137. The summed E-state index contributed by atoms with van der Waals surface area (Å²) in [4.78, 5) is 19.0. The molecule has 2 aromatic heterocycles. The summed E-state index contributed by atoms with van der Waals surface area (Å²) in [6.45, 7) is 1.96. The maximum absolute atomic E-state index is 13.0. The van der Waals surface area contributed by atoms with Crippen molar-refractivity contribution in [2.75, 3.05) is 18.6 Å². The Morgan fingerprint density at radius 2 is 1.88 bits per heavy atom. The van der Waals surface area contributed by atoms with E-state index in [1.54, 1.807) is 31.3 Å². The van der Waals surface area contributed by atoms with Crippen LogP contribution in [0.25, 0.3) is 22.2 Å². The number of carbonyl (C=O) groups excluding carboxylic acids is 1. The molecule has 0 spiro atoms. The van der Waals surface area contributed by atoms with E-state index in [1.807, 2.05) is 19.1 Å². The minimum Gasteiger partial charge on any atom is -0.394 e. The maximum Gasteiger partial charge on any atom is 0.416 e. The molecule has 0 saturated heterocycles. The molecule has 0 saturated carbocycles. The zero-order valence-corrected chi connectivity index (χ0v) is 18.0. The molecule has 2 heterocycles. The SMILES string of the molecule is Cc1cc(-c2ccc3cc(C(F)(F)F)ccc3n2)ccc1N(C)C(=O)c1ccnn1CCO. The first-order chi connectivity index (χ1) is 15.7. The minimum atomic E-state index is -4.40. The topological polar surface area (TPSA) is 71.2 Å². The first-order valence-corrected chi connectivity index (χ1v) is 10.2. The number of rotatable bonds is 5. The molecule has 0 aliphatic rings. The van der Waals surface area contributed by atoms with Gasteiger partial charge in [-0.25, -0.2) is 4.98 Å². The molecule has 0 radical (unpaired) electrons. The third-order valence-electron chi connectivity index (χ3n) is 5.42. The van der Waals surface area contributed by atoms with Gasteiger partial charge in [-0.05, 0) is 55.0 Å². The quantitative estimate of drug-likeness (QED) is 0.475. The predicted octanol–water partition coefficient (Wildman–Crippen LogP) is 4.69. The number of benzene rings is 2. The van der Waals surface area contributed by atoms with Crippen molar-refractivity contribution in [2.45, 2.75) is 19.6 Å². The number of nitrogens with zero attached hydrogens (tertiary/aromatic N) is 4. The van der Waals surface area contributed by atoms with Crippen molar-refractivity contribution < 1.29 is 23.1 Å². The highest BCUT2D eigenvalue weighted by Gasteiger charge is 2.30. The highest BCUT2D eigenvalue weighted by Crippen LogP contribution is 2.32. The number of aryl methyl sites for hydroxylation is 1. The smallest absolute Gasteiger partial charge is 0.394 e. The number of pyridine rings is 1. The standard InChI is InChI=1S/C24H21F3N4O2/c1-15-13-16(19-6-3-17-14-18(24(25,26)27)5-7-20(17)29-19)4-8-21(15)30(2)23(33)22-9-10-28-31(22)11-12-32/h3-10,13-14,32H,11-12H2,1-2H3. The van der Waals surface area contributed by atoms with Gasteiger partial charge < -0.3 is 10.0 Å². The highest BCUT2D eigenvalue weighted by atomic mass is 19.4. The fraction of sp³-hybridized carbons (Fsp3) is 0.208. The number of carbonyl (C=O) groups is 1. The molecule has 170 valence electrons. The zero-order chi connectivity index (χ0) is 23.8. The summed E-state index contributed by atoms with van der Waals surface area (Å²) in [5.74, 6) is -0.263. The summed E-state index contributed by atoms with van der Waals surface area (Å²) in [7, 11) is 1.66. The molecule has 4 aromatic rings. The molecule has 0 unspecified atom stereocenters. The van der Waals surface area contributed by atoms with Gasteiger partial charge in [0.2, 0.25) is 0 Å². The molecule has 33 heavy (non-hydrogen) atoms. The van der Waals surface area contributed by atoms with Gasteiger partial charge in [0.05, 0.1) is 29.9 Å². The molecule has 0 aliphatic carbocycles. The van der Waals surface area contributed by atoms with E-state index in [0.29, 0.717) is 28.0 Å². The molecule has 4 rings (SSSR count). The van der Waals surface area contributed by atoms with Gasteiger partial charge in [-0.15, -0.1) is 0 Å². The van der Waals surface area contributed by atoms with Gasteiger partial charge in [-0.3, -0.25) is 9.48 Å². The van der Waals surface area contributed by atoms with E-state index in [1.165, 1.54) is 21.8 Å². The Kier molecular flexibility index (Phi) is 5.90. The number of hydrogen-bond acceptors (Lipinski definition) is 4. The Morgan fingerprint density at radius 1 is 1.09 bits per heavy atom. The number of alkyl halides is 3.